The Labute approximate surface area is 126 Å². The molecule has 1 aromatic carbocycles. The van der Waals surface area contributed by atoms with Gasteiger partial charge in [-0.2, -0.15) is 0 Å². The second kappa shape index (κ2) is 6.11. The van der Waals surface area contributed by atoms with Crippen molar-refractivity contribution in [2.75, 3.05) is 12.4 Å². The first-order chi connectivity index (χ1) is 9.51. The van der Waals surface area contributed by atoms with Gasteiger partial charge in [-0.3, -0.25) is 4.79 Å². The Hall–Kier alpha value is -1.78. The van der Waals surface area contributed by atoms with Crippen molar-refractivity contribution in [1.82, 2.24) is 4.98 Å². The van der Waals surface area contributed by atoms with Crippen molar-refractivity contribution in [1.29, 1.82) is 0 Å². The van der Waals surface area contributed by atoms with E-state index in [0.717, 1.165) is 5.56 Å². The number of anilines is 1. The second-order valence-corrected chi connectivity index (χ2v) is 4.92. The van der Waals surface area contributed by atoms with Crippen LogP contribution in [0, 0.1) is 6.92 Å². The molecular weight excluding hydrogens is 299 g/mol. The van der Waals surface area contributed by atoms with Crippen molar-refractivity contribution in [3.8, 4) is 5.75 Å². The standard InChI is InChI=1S/C14H12Cl2N2O2/c1-8-5-10(7-17-13(8)16)18-14(19)11-6-9(15)3-4-12(11)20-2/h3-7H,1-2H3,(H,18,19). The van der Waals surface area contributed by atoms with Gasteiger partial charge >= 0.3 is 0 Å². The number of hydrogen-bond acceptors (Lipinski definition) is 3. The van der Waals surface area contributed by atoms with Crippen LogP contribution < -0.4 is 10.1 Å². The summed E-state index contributed by atoms with van der Waals surface area (Å²) >= 11 is 11.7. The molecule has 2 aromatic rings. The number of pyridine rings is 1. The smallest absolute Gasteiger partial charge is 0.259 e. The SMILES string of the molecule is COc1ccc(Cl)cc1C(=O)Nc1cnc(Cl)c(C)c1. The molecule has 20 heavy (non-hydrogen) atoms. The van der Waals surface area contributed by atoms with Gasteiger partial charge in [-0.25, -0.2) is 4.98 Å². The minimum absolute atomic E-state index is 0.326. The number of rotatable bonds is 3. The molecule has 0 aliphatic heterocycles. The number of halogens is 2. The number of aryl methyl sites for hydroxylation is 1. The quantitative estimate of drug-likeness (QED) is 0.873. The molecule has 1 N–H and O–H groups in total. The molecule has 1 aromatic heterocycles. The zero-order chi connectivity index (χ0) is 14.7. The molecule has 0 saturated carbocycles. The van der Waals surface area contributed by atoms with Crippen LogP contribution in [0.3, 0.4) is 0 Å². The Balaban J connectivity index is 2.27. The zero-order valence-electron chi connectivity index (χ0n) is 10.9. The number of ether oxygens (including phenoxy) is 1. The number of carbonyl (C=O) groups is 1. The predicted octanol–water partition coefficient (Wildman–Crippen LogP) is 3.96. The van der Waals surface area contributed by atoms with Gasteiger partial charge in [0.25, 0.3) is 5.91 Å². The van der Waals surface area contributed by atoms with Crippen LogP contribution >= 0.6 is 23.2 Å². The Morgan fingerprint density at radius 3 is 2.70 bits per heavy atom. The lowest BCUT2D eigenvalue weighted by atomic mass is 10.2. The number of aromatic nitrogens is 1. The molecule has 0 unspecified atom stereocenters. The maximum atomic E-state index is 12.2. The van der Waals surface area contributed by atoms with E-state index < -0.39 is 0 Å². The van der Waals surface area contributed by atoms with E-state index in [1.54, 1.807) is 24.3 Å². The Morgan fingerprint density at radius 2 is 2.05 bits per heavy atom. The molecule has 0 atom stereocenters. The molecule has 1 heterocycles. The van der Waals surface area contributed by atoms with Crippen LogP contribution in [-0.2, 0) is 0 Å². The van der Waals surface area contributed by atoms with E-state index in [1.165, 1.54) is 13.3 Å². The summed E-state index contributed by atoms with van der Waals surface area (Å²) in [6.45, 7) is 1.81. The number of carbonyl (C=O) groups excluding carboxylic acids is 1. The van der Waals surface area contributed by atoms with Crippen molar-refractivity contribution >= 4 is 34.8 Å². The number of nitrogens with one attached hydrogen (secondary N) is 1. The molecule has 0 saturated heterocycles. The van der Waals surface area contributed by atoms with Crippen molar-refractivity contribution in [2.45, 2.75) is 6.92 Å². The monoisotopic (exact) mass is 310 g/mol. The lowest BCUT2D eigenvalue weighted by Crippen LogP contribution is -2.13. The molecule has 0 radical (unpaired) electrons. The zero-order valence-corrected chi connectivity index (χ0v) is 12.4. The lowest BCUT2D eigenvalue weighted by Gasteiger charge is -2.10. The fraction of sp³-hybridized carbons (Fsp3) is 0.143. The largest absolute Gasteiger partial charge is 0.496 e. The Bertz CT molecular complexity index is 660. The van der Waals surface area contributed by atoms with Crippen LogP contribution in [0.25, 0.3) is 0 Å². The topological polar surface area (TPSA) is 51.2 Å². The van der Waals surface area contributed by atoms with Crippen molar-refractivity contribution < 1.29 is 9.53 Å². The summed E-state index contributed by atoms with van der Waals surface area (Å²) < 4.78 is 5.15. The maximum Gasteiger partial charge on any atom is 0.259 e. The summed E-state index contributed by atoms with van der Waals surface area (Å²) in [4.78, 5) is 16.2. The van der Waals surface area contributed by atoms with Crippen LogP contribution in [0.5, 0.6) is 5.75 Å². The number of methoxy groups -OCH3 is 1. The van der Waals surface area contributed by atoms with E-state index in [0.29, 0.717) is 27.2 Å². The highest BCUT2D eigenvalue weighted by Gasteiger charge is 2.13. The molecule has 2 rings (SSSR count). The second-order valence-electron chi connectivity index (χ2n) is 4.13. The summed E-state index contributed by atoms with van der Waals surface area (Å²) in [5, 5.41) is 3.59. The first-order valence-electron chi connectivity index (χ1n) is 5.78. The molecule has 104 valence electrons. The summed E-state index contributed by atoms with van der Waals surface area (Å²) in [7, 11) is 1.49. The molecule has 1 amide bonds. The van der Waals surface area contributed by atoms with Crippen LogP contribution in [0.2, 0.25) is 10.2 Å². The van der Waals surface area contributed by atoms with E-state index in [2.05, 4.69) is 10.3 Å². The van der Waals surface area contributed by atoms with Crippen LogP contribution in [-0.4, -0.2) is 18.0 Å². The van der Waals surface area contributed by atoms with Crippen molar-refractivity contribution in [3.05, 3.63) is 51.8 Å². The molecule has 0 fully saturated rings. The third-order valence-electron chi connectivity index (χ3n) is 2.68. The van der Waals surface area contributed by atoms with Gasteiger partial charge < -0.3 is 10.1 Å². The van der Waals surface area contributed by atoms with Gasteiger partial charge in [0, 0.05) is 5.02 Å². The van der Waals surface area contributed by atoms with Gasteiger partial charge in [0.2, 0.25) is 0 Å². The average molecular weight is 311 g/mol. The Kier molecular flexibility index (Phi) is 4.47. The van der Waals surface area contributed by atoms with E-state index in [1.807, 2.05) is 6.92 Å². The average Bonchev–Trinajstić information content (AvgIpc) is 2.43. The van der Waals surface area contributed by atoms with Gasteiger partial charge in [0.15, 0.2) is 0 Å². The molecule has 0 spiro atoms. The van der Waals surface area contributed by atoms with Gasteiger partial charge in [-0.15, -0.1) is 0 Å². The first-order valence-corrected chi connectivity index (χ1v) is 6.54. The van der Waals surface area contributed by atoms with Crippen LogP contribution in [0.4, 0.5) is 5.69 Å². The first kappa shape index (κ1) is 14.6. The molecule has 0 aliphatic rings. The third-order valence-corrected chi connectivity index (χ3v) is 3.31. The maximum absolute atomic E-state index is 12.2. The molecule has 6 heteroatoms. The number of hydrogen-bond donors (Lipinski definition) is 1. The molecule has 4 nitrogen and oxygen atoms in total. The van der Waals surface area contributed by atoms with Crippen molar-refractivity contribution in [3.63, 3.8) is 0 Å². The van der Waals surface area contributed by atoms with E-state index >= 15 is 0 Å². The number of benzene rings is 1. The summed E-state index contributed by atoms with van der Waals surface area (Å²) in [5.74, 6) is 0.124. The van der Waals surface area contributed by atoms with Crippen LogP contribution in [0.15, 0.2) is 30.5 Å². The highest BCUT2D eigenvalue weighted by Crippen LogP contribution is 2.24. The van der Waals surface area contributed by atoms with Crippen LogP contribution in [0.1, 0.15) is 15.9 Å². The van der Waals surface area contributed by atoms with E-state index in [-0.39, 0.29) is 5.91 Å². The van der Waals surface area contributed by atoms with Gasteiger partial charge in [0.1, 0.15) is 10.9 Å². The molecule has 0 bridgehead atoms. The fourth-order valence-corrected chi connectivity index (χ4v) is 1.96. The van der Waals surface area contributed by atoms with Gasteiger partial charge in [-0.05, 0) is 36.8 Å². The van der Waals surface area contributed by atoms with Gasteiger partial charge in [0.05, 0.1) is 24.6 Å². The summed E-state index contributed by atoms with van der Waals surface area (Å²) in [6.07, 6.45) is 1.49. The van der Waals surface area contributed by atoms with Crippen molar-refractivity contribution in [2.24, 2.45) is 0 Å². The number of nitrogens with zero attached hydrogens (tertiary/aromatic N) is 1. The van der Waals surface area contributed by atoms with E-state index in [9.17, 15) is 4.79 Å². The van der Waals surface area contributed by atoms with Gasteiger partial charge in [-0.1, -0.05) is 23.2 Å². The molecular formula is C14H12Cl2N2O2. The number of amides is 1. The minimum atomic E-state index is -0.326. The summed E-state index contributed by atoms with van der Waals surface area (Å²) in [5.41, 5.74) is 1.69. The fourth-order valence-electron chi connectivity index (χ4n) is 1.68. The third kappa shape index (κ3) is 3.21. The highest BCUT2D eigenvalue weighted by atomic mass is 35.5. The molecule has 0 aliphatic carbocycles. The normalized spacial score (nSPS) is 10.2. The lowest BCUT2D eigenvalue weighted by molar-refractivity contribution is 0.102. The van der Waals surface area contributed by atoms with E-state index in [4.69, 9.17) is 27.9 Å². The predicted molar refractivity (Wildman–Crippen MR) is 79.9 cm³/mol. The summed E-state index contributed by atoms with van der Waals surface area (Å²) in [6, 6.07) is 6.59. The highest BCUT2D eigenvalue weighted by molar-refractivity contribution is 6.31. The Morgan fingerprint density at radius 1 is 1.30 bits per heavy atom. The minimum Gasteiger partial charge on any atom is -0.496 e.